The first-order valence-corrected chi connectivity index (χ1v) is 8.62. The summed E-state index contributed by atoms with van der Waals surface area (Å²) in [6.07, 6.45) is 1.76. The monoisotopic (exact) mass is 330 g/mol. The maximum Gasteiger partial charge on any atom is 0.221 e. The molecule has 0 saturated carbocycles. The van der Waals surface area contributed by atoms with Crippen LogP contribution in [0.5, 0.6) is 5.88 Å². The lowest BCUT2D eigenvalue weighted by molar-refractivity contribution is 0.295. The number of hydrogen-bond acceptors (Lipinski definition) is 3. The molecule has 1 aliphatic heterocycles. The molecule has 0 N–H and O–H groups in total. The number of methoxy groups -OCH3 is 1. The topological polar surface area (TPSA) is 25.4 Å². The molecule has 0 radical (unpaired) electrons. The molecule has 2 aromatic carbocycles. The summed E-state index contributed by atoms with van der Waals surface area (Å²) in [7, 11) is 3.86. The van der Waals surface area contributed by atoms with Crippen molar-refractivity contribution in [3.8, 4) is 17.0 Å². The molecule has 25 heavy (non-hydrogen) atoms. The van der Waals surface area contributed by atoms with E-state index in [1.165, 1.54) is 16.7 Å². The molecule has 0 bridgehead atoms. The van der Waals surface area contributed by atoms with Gasteiger partial charge in [-0.25, -0.2) is 4.98 Å². The van der Waals surface area contributed by atoms with Crippen LogP contribution in [-0.4, -0.2) is 30.6 Å². The van der Waals surface area contributed by atoms with Crippen LogP contribution in [-0.2, 0) is 6.54 Å². The third kappa shape index (κ3) is 3.03. The molecule has 1 atom stereocenters. The van der Waals surface area contributed by atoms with Crippen LogP contribution in [0.2, 0.25) is 0 Å². The van der Waals surface area contributed by atoms with Gasteiger partial charge in [-0.15, -0.1) is 0 Å². The number of fused-ring (bicyclic) bond motifs is 1. The second-order valence-electron chi connectivity index (χ2n) is 6.63. The van der Waals surface area contributed by atoms with Gasteiger partial charge in [-0.1, -0.05) is 42.5 Å². The van der Waals surface area contributed by atoms with E-state index in [9.17, 15) is 0 Å². The Labute approximate surface area is 148 Å². The number of hydrogen-bond donors (Lipinski definition) is 0. The van der Waals surface area contributed by atoms with E-state index in [1.807, 2.05) is 6.07 Å². The summed E-state index contributed by atoms with van der Waals surface area (Å²) in [6.45, 7) is 2.02. The third-order valence-electron chi connectivity index (χ3n) is 4.93. The minimum atomic E-state index is 0.416. The average molecular weight is 330 g/mol. The number of benzene rings is 2. The van der Waals surface area contributed by atoms with Crippen molar-refractivity contribution in [3.63, 3.8) is 0 Å². The minimum absolute atomic E-state index is 0.416. The SMILES string of the molecule is COc1ncccc1-c1ccc2c(c1)CN(C)C[C@H]2c1ccccc1. The molecule has 0 saturated heterocycles. The Morgan fingerprint density at radius 3 is 2.68 bits per heavy atom. The summed E-state index contributed by atoms with van der Waals surface area (Å²) in [5, 5.41) is 0. The molecule has 2 heterocycles. The molecule has 0 amide bonds. The first kappa shape index (κ1) is 15.9. The van der Waals surface area contributed by atoms with Crippen molar-refractivity contribution in [3.05, 3.63) is 83.6 Å². The summed E-state index contributed by atoms with van der Waals surface area (Å²) >= 11 is 0. The van der Waals surface area contributed by atoms with Crippen molar-refractivity contribution in [2.45, 2.75) is 12.5 Å². The number of ether oxygens (including phenoxy) is 1. The van der Waals surface area contributed by atoms with Gasteiger partial charge >= 0.3 is 0 Å². The fraction of sp³-hybridized carbons (Fsp3) is 0.227. The highest BCUT2D eigenvalue weighted by atomic mass is 16.5. The van der Waals surface area contributed by atoms with Crippen LogP contribution in [0.15, 0.2) is 66.9 Å². The van der Waals surface area contributed by atoms with Crippen molar-refractivity contribution in [2.24, 2.45) is 0 Å². The predicted molar refractivity (Wildman–Crippen MR) is 101 cm³/mol. The van der Waals surface area contributed by atoms with Crippen LogP contribution < -0.4 is 4.74 Å². The molecule has 0 fully saturated rings. The Morgan fingerprint density at radius 1 is 1.04 bits per heavy atom. The molecule has 4 rings (SSSR count). The zero-order valence-corrected chi connectivity index (χ0v) is 14.6. The Hall–Kier alpha value is -2.65. The Balaban J connectivity index is 1.78. The van der Waals surface area contributed by atoms with Gasteiger partial charge in [-0.2, -0.15) is 0 Å². The average Bonchev–Trinajstić information content (AvgIpc) is 2.67. The lowest BCUT2D eigenvalue weighted by atomic mass is 9.83. The Bertz CT molecular complexity index is 876. The van der Waals surface area contributed by atoms with E-state index in [2.05, 4.69) is 71.5 Å². The fourth-order valence-electron chi connectivity index (χ4n) is 3.76. The smallest absolute Gasteiger partial charge is 0.221 e. The van der Waals surface area contributed by atoms with Gasteiger partial charge in [0.2, 0.25) is 5.88 Å². The normalized spacial score (nSPS) is 17.1. The first-order chi connectivity index (χ1) is 12.3. The second-order valence-corrected chi connectivity index (χ2v) is 6.63. The van der Waals surface area contributed by atoms with Gasteiger partial charge in [0.05, 0.1) is 7.11 Å². The number of nitrogens with zero attached hydrogens (tertiary/aromatic N) is 2. The molecule has 1 aromatic heterocycles. The van der Waals surface area contributed by atoms with Gasteiger partial charge in [0.15, 0.2) is 0 Å². The van der Waals surface area contributed by atoms with Gasteiger partial charge in [-0.05, 0) is 47.5 Å². The van der Waals surface area contributed by atoms with Crippen molar-refractivity contribution < 1.29 is 4.74 Å². The summed E-state index contributed by atoms with van der Waals surface area (Å²) in [5.74, 6) is 1.09. The molecular formula is C22H22N2O. The minimum Gasteiger partial charge on any atom is -0.481 e. The molecule has 0 spiro atoms. The van der Waals surface area contributed by atoms with Crippen molar-refractivity contribution in [2.75, 3.05) is 20.7 Å². The van der Waals surface area contributed by atoms with Gasteiger partial charge in [-0.3, -0.25) is 0 Å². The molecule has 0 aliphatic carbocycles. The number of rotatable bonds is 3. The van der Waals surface area contributed by atoms with Crippen molar-refractivity contribution in [1.82, 2.24) is 9.88 Å². The van der Waals surface area contributed by atoms with Gasteiger partial charge in [0.25, 0.3) is 0 Å². The maximum atomic E-state index is 5.43. The van der Waals surface area contributed by atoms with Crippen LogP contribution in [0.3, 0.4) is 0 Å². The zero-order valence-electron chi connectivity index (χ0n) is 14.6. The van der Waals surface area contributed by atoms with Crippen molar-refractivity contribution >= 4 is 0 Å². The molecule has 0 unspecified atom stereocenters. The highest BCUT2D eigenvalue weighted by Gasteiger charge is 2.25. The third-order valence-corrected chi connectivity index (χ3v) is 4.93. The largest absolute Gasteiger partial charge is 0.481 e. The molecule has 3 aromatic rings. The van der Waals surface area contributed by atoms with Crippen molar-refractivity contribution in [1.29, 1.82) is 0 Å². The van der Waals surface area contributed by atoms with E-state index in [-0.39, 0.29) is 0 Å². The predicted octanol–water partition coefficient (Wildman–Crippen LogP) is 4.33. The fourth-order valence-corrected chi connectivity index (χ4v) is 3.76. The number of likely N-dealkylation sites (N-methyl/N-ethyl adjacent to an activating group) is 1. The Morgan fingerprint density at radius 2 is 1.88 bits per heavy atom. The molecule has 1 aliphatic rings. The summed E-state index contributed by atoms with van der Waals surface area (Å²) in [5.41, 5.74) is 6.38. The summed E-state index contributed by atoms with van der Waals surface area (Å²) < 4.78 is 5.43. The van der Waals surface area contributed by atoms with Gasteiger partial charge in [0, 0.05) is 30.8 Å². The summed E-state index contributed by atoms with van der Waals surface area (Å²) in [4.78, 5) is 6.72. The lowest BCUT2D eigenvalue weighted by Crippen LogP contribution is -2.30. The van der Waals surface area contributed by atoms with E-state index >= 15 is 0 Å². The van der Waals surface area contributed by atoms with E-state index in [4.69, 9.17) is 4.74 Å². The standard InChI is InChI=1S/C22H22N2O/c1-24-14-18-13-17(20-9-6-12-23-22(20)25-2)10-11-19(18)21(15-24)16-7-4-3-5-8-16/h3-13,21H,14-15H2,1-2H3/t21-/m0/s1. The van der Waals surface area contributed by atoms with Crippen LogP contribution in [0.1, 0.15) is 22.6 Å². The number of pyridine rings is 1. The molecular weight excluding hydrogens is 308 g/mol. The number of aromatic nitrogens is 1. The van der Waals surface area contributed by atoms with Gasteiger partial charge < -0.3 is 9.64 Å². The highest BCUT2D eigenvalue weighted by Crippen LogP contribution is 2.36. The van der Waals surface area contributed by atoms with Crippen LogP contribution >= 0.6 is 0 Å². The lowest BCUT2D eigenvalue weighted by Gasteiger charge is -2.33. The highest BCUT2D eigenvalue weighted by molar-refractivity contribution is 5.70. The molecule has 126 valence electrons. The molecule has 3 nitrogen and oxygen atoms in total. The van der Waals surface area contributed by atoms with Crippen LogP contribution in [0.4, 0.5) is 0 Å². The van der Waals surface area contributed by atoms with E-state index in [0.717, 1.165) is 24.2 Å². The van der Waals surface area contributed by atoms with Crippen LogP contribution in [0.25, 0.3) is 11.1 Å². The summed E-state index contributed by atoms with van der Waals surface area (Å²) in [6, 6.07) is 21.6. The zero-order chi connectivity index (χ0) is 17.2. The molecule has 3 heteroatoms. The van der Waals surface area contributed by atoms with E-state index in [0.29, 0.717) is 11.8 Å². The maximum absolute atomic E-state index is 5.43. The quantitative estimate of drug-likeness (QED) is 0.714. The van der Waals surface area contributed by atoms with E-state index in [1.54, 1.807) is 13.3 Å². The first-order valence-electron chi connectivity index (χ1n) is 8.62. The van der Waals surface area contributed by atoms with Crippen LogP contribution in [0, 0.1) is 0 Å². The Kier molecular flexibility index (Phi) is 4.24. The second kappa shape index (κ2) is 6.69. The van der Waals surface area contributed by atoms with E-state index < -0.39 is 0 Å². The van der Waals surface area contributed by atoms with Gasteiger partial charge in [0.1, 0.15) is 0 Å².